The highest BCUT2D eigenvalue weighted by atomic mass is 16.5. The molecule has 0 saturated carbocycles. The molecule has 5 nitrogen and oxygen atoms in total. The molecule has 1 aromatic heterocycles. The van der Waals surface area contributed by atoms with E-state index in [1.807, 2.05) is 6.92 Å². The molecule has 82 valence electrons. The minimum atomic E-state index is -0.191. The highest BCUT2D eigenvalue weighted by Gasteiger charge is 2.02. The van der Waals surface area contributed by atoms with Crippen LogP contribution in [0.5, 0.6) is 5.88 Å². The summed E-state index contributed by atoms with van der Waals surface area (Å²) < 4.78 is 9.85. The van der Waals surface area contributed by atoms with Crippen LogP contribution in [0.2, 0.25) is 0 Å². The van der Waals surface area contributed by atoms with E-state index in [0.29, 0.717) is 18.2 Å². The van der Waals surface area contributed by atoms with Gasteiger partial charge in [0, 0.05) is 12.7 Å². The number of pyridine rings is 1. The molecule has 5 heteroatoms. The Labute approximate surface area is 88.4 Å². The van der Waals surface area contributed by atoms with Gasteiger partial charge in [-0.05, 0) is 13.0 Å². The van der Waals surface area contributed by atoms with Crippen molar-refractivity contribution in [3.8, 4) is 5.88 Å². The molecule has 0 aliphatic rings. The molecule has 1 N–H and O–H groups in total. The van der Waals surface area contributed by atoms with Gasteiger partial charge >= 0.3 is 0 Å². The Morgan fingerprint density at radius 1 is 1.53 bits per heavy atom. The number of hydrogen-bond donors (Lipinski definition) is 1. The number of rotatable bonds is 5. The second kappa shape index (κ2) is 5.98. The summed E-state index contributed by atoms with van der Waals surface area (Å²) in [5.41, 5.74) is 0.625. The van der Waals surface area contributed by atoms with Crippen molar-refractivity contribution in [1.29, 1.82) is 0 Å². The van der Waals surface area contributed by atoms with Crippen molar-refractivity contribution in [3.05, 3.63) is 18.3 Å². The molecule has 0 fully saturated rings. The van der Waals surface area contributed by atoms with Crippen LogP contribution in [-0.4, -0.2) is 31.2 Å². The number of aromatic nitrogens is 1. The van der Waals surface area contributed by atoms with Crippen molar-refractivity contribution in [3.63, 3.8) is 0 Å². The van der Waals surface area contributed by atoms with Crippen LogP contribution in [-0.2, 0) is 9.53 Å². The summed E-state index contributed by atoms with van der Waals surface area (Å²) in [6, 6.07) is 3.39. The Morgan fingerprint density at radius 3 is 2.87 bits per heavy atom. The van der Waals surface area contributed by atoms with Crippen molar-refractivity contribution in [2.24, 2.45) is 0 Å². The van der Waals surface area contributed by atoms with E-state index in [4.69, 9.17) is 9.47 Å². The molecule has 1 heterocycles. The van der Waals surface area contributed by atoms with Gasteiger partial charge in [0.25, 0.3) is 0 Å². The van der Waals surface area contributed by atoms with E-state index in [-0.39, 0.29) is 12.5 Å². The van der Waals surface area contributed by atoms with Crippen LogP contribution in [0.25, 0.3) is 0 Å². The summed E-state index contributed by atoms with van der Waals surface area (Å²) in [6.45, 7) is 2.42. The van der Waals surface area contributed by atoms with Crippen LogP contribution in [0.1, 0.15) is 6.92 Å². The molecule has 0 bridgehead atoms. The zero-order valence-electron chi connectivity index (χ0n) is 8.82. The third kappa shape index (κ3) is 3.95. The van der Waals surface area contributed by atoms with Gasteiger partial charge in [-0.15, -0.1) is 0 Å². The maximum Gasteiger partial charge on any atom is 0.250 e. The lowest BCUT2D eigenvalue weighted by atomic mass is 10.4. The van der Waals surface area contributed by atoms with E-state index < -0.39 is 0 Å². The predicted molar refractivity (Wildman–Crippen MR) is 55.9 cm³/mol. The van der Waals surface area contributed by atoms with Gasteiger partial charge in [0.2, 0.25) is 11.8 Å². The summed E-state index contributed by atoms with van der Waals surface area (Å²) in [5, 5.41) is 2.65. The van der Waals surface area contributed by atoms with Gasteiger partial charge < -0.3 is 14.8 Å². The predicted octanol–water partition coefficient (Wildman–Crippen LogP) is 1.07. The van der Waals surface area contributed by atoms with Gasteiger partial charge in [0.05, 0.1) is 19.0 Å². The molecular weight excluding hydrogens is 196 g/mol. The van der Waals surface area contributed by atoms with E-state index >= 15 is 0 Å². The topological polar surface area (TPSA) is 60.5 Å². The first-order valence-corrected chi connectivity index (χ1v) is 4.64. The Kier molecular flexibility index (Phi) is 4.56. The molecule has 0 atom stereocenters. The third-order valence-electron chi connectivity index (χ3n) is 1.67. The Balaban J connectivity index is 2.46. The van der Waals surface area contributed by atoms with Crippen LogP contribution in [0.15, 0.2) is 18.3 Å². The molecule has 15 heavy (non-hydrogen) atoms. The first-order chi connectivity index (χ1) is 7.26. The van der Waals surface area contributed by atoms with E-state index in [1.54, 1.807) is 12.1 Å². The minimum Gasteiger partial charge on any atom is -0.481 e. The summed E-state index contributed by atoms with van der Waals surface area (Å²) in [4.78, 5) is 15.2. The van der Waals surface area contributed by atoms with E-state index in [9.17, 15) is 4.79 Å². The molecule has 0 aliphatic carbocycles. The van der Waals surface area contributed by atoms with Crippen molar-refractivity contribution < 1.29 is 14.3 Å². The quantitative estimate of drug-likeness (QED) is 0.789. The van der Waals surface area contributed by atoms with Crippen LogP contribution in [0.3, 0.4) is 0 Å². The number of nitrogens with one attached hydrogen (secondary N) is 1. The number of amides is 1. The first-order valence-electron chi connectivity index (χ1n) is 4.64. The normalized spacial score (nSPS) is 9.73. The van der Waals surface area contributed by atoms with Gasteiger partial charge in [-0.3, -0.25) is 4.79 Å². The van der Waals surface area contributed by atoms with Gasteiger partial charge in [-0.2, -0.15) is 0 Å². The van der Waals surface area contributed by atoms with Crippen LogP contribution in [0.4, 0.5) is 5.69 Å². The average Bonchev–Trinajstić information content (AvgIpc) is 2.27. The largest absolute Gasteiger partial charge is 0.481 e. The molecule has 1 amide bonds. The average molecular weight is 210 g/mol. The number of nitrogens with zero attached hydrogens (tertiary/aromatic N) is 1. The van der Waals surface area contributed by atoms with Crippen LogP contribution in [0, 0.1) is 0 Å². The number of ether oxygens (including phenoxy) is 2. The molecule has 0 aliphatic heterocycles. The molecular formula is C10H14N2O3. The van der Waals surface area contributed by atoms with Crippen LogP contribution >= 0.6 is 0 Å². The lowest BCUT2D eigenvalue weighted by molar-refractivity contribution is -0.120. The van der Waals surface area contributed by atoms with E-state index in [1.165, 1.54) is 13.3 Å². The molecule has 0 aromatic carbocycles. The fourth-order valence-corrected chi connectivity index (χ4v) is 0.967. The second-order valence-electron chi connectivity index (χ2n) is 2.77. The van der Waals surface area contributed by atoms with Gasteiger partial charge in [-0.1, -0.05) is 0 Å². The smallest absolute Gasteiger partial charge is 0.250 e. The summed E-state index contributed by atoms with van der Waals surface area (Å²) in [7, 11) is 1.54. The molecule has 0 radical (unpaired) electrons. The van der Waals surface area contributed by atoms with Crippen molar-refractivity contribution in [1.82, 2.24) is 4.98 Å². The fraction of sp³-hybridized carbons (Fsp3) is 0.400. The molecule has 0 spiro atoms. The zero-order valence-corrected chi connectivity index (χ0v) is 8.82. The van der Waals surface area contributed by atoms with E-state index in [0.717, 1.165) is 0 Å². The number of anilines is 1. The summed E-state index contributed by atoms with van der Waals surface area (Å²) >= 11 is 0. The second-order valence-corrected chi connectivity index (χ2v) is 2.77. The standard InChI is InChI=1S/C10H14N2O3/c1-3-15-7-9(13)12-8-4-5-10(14-2)11-6-8/h4-6H,3,7H2,1-2H3,(H,12,13). The molecule has 0 unspecified atom stereocenters. The third-order valence-corrected chi connectivity index (χ3v) is 1.67. The minimum absolute atomic E-state index is 0.0581. The monoisotopic (exact) mass is 210 g/mol. The van der Waals surface area contributed by atoms with E-state index in [2.05, 4.69) is 10.3 Å². The van der Waals surface area contributed by atoms with Gasteiger partial charge in [-0.25, -0.2) is 4.98 Å². The Bertz CT molecular complexity index is 311. The van der Waals surface area contributed by atoms with Crippen molar-refractivity contribution in [2.45, 2.75) is 6.92 Å². The lowest BCUT2D eigenvalue weighted by Crippen LogP contribution is -2.18. The summed E-state index contributed by atoms with van der Waals surface area (Å²) in [5.74, 6) is 0.321. The van der Waals surface area contributed by atoms with Gasteiger partial charge in [0.15, 0.2) is 0 Å². The molecule has 0 saturated heterocycles. The van der Waals surface area contributed by atoms with Crippen LogP contribution < -0.4 is 10.1 Å². The highest BCUT2D eigenvalue weighted by Crippen LogP contribution is 2.10. The summed E-state index contributed by atoms with van der Waals surface area (Å²) in [6.07, 6.45) is 1.53. The highest BCUT2D eigenvalue weighted by molar-refractivity contribution is 5.91. The Morgan fingerprint density at radius 2 is 2.33 bits per heavy atom. The maximum absolute atomic E-state index is 11.2. The lowest BCUT2D eigenvalue weighted by Gasteiger charge is -2.05. The first kappa shape index (κ1) is 11.5. The number of carbonyl (C=O) groups is 1. The van der Waals surface area contributed by atoms with Crippen molar-refractivity contribution >= 4 is 11.6 Å². The molecule has 1 rings (SSSR count). The van der Waals surface area contributed by atoms with Gasteiger partial charge in [0.1, 0.15) is 6.61 Å². The Hall–Kier alpha value is -1.62. The maximum atomic E-state index is 11.2. The number of hydrogen-bond acceptors (Lipinski definition) is 4. The SMILES string of the molecule is CCOCC(=O)Nc1ccc(OC)nc1. The number of methoxy groups -OCH3 is 1. The fourth-order valence-electron chi connectivity index (χ4n) is 0.967. The zero-order chi connectivity index (χ0) is 11.1. The molecule has 1 aromatic rings. The number of carbonyl (C=O) groups excluding carboxylic acids is 1. The van der Waals surface area contributed by atoms with Crippen molar-refractivity contribution in [2.75, 3.05) is 25.6 Å².